The highest BCUT2D eigenvalue weighted by atomic mass is 16.7. The Morgan fingerprint density at radius 1 is 0.960 bits per heavy atom. The van der Waals surface area contributed by atoms with E-state index in [1.165, 1.54) is 0 Å². The van der Waals surface area contributed by atoms with Crippen LogP contribution in [0.5, 0.6) is 0 Å². The van der Waals surface area contributed by atoms with Gasteiger partial charge in [-0.05, 0) is 48.9 Å². The number of hydrogen-bond acceptors (Lipinski definition) is 4. The summed E-state index contributed by atoms with van der Waals surface area (Å²) >= 11 is 0. The van der Waals surface area contributed by atoms with Gasteiger partial charge in [-0.3, -0.25) is 9.59 Å². The van der Waals surface area contributed by atoms with Crippen LogP contribution in [-0.4, -0.2) is 30.6 Å². The van der Waals surface area contributed by atoms with E-state index in [-0.39, 0.29) is 10.8 Å². The van der Waals surface area contributed by atoms with Gasteiger partial charge in [-0.15, -0.1) is 0 Å². The van der Waals surface area contributed by atoms with Crippen molar-refractivity contribution in [3.05, 3.63) is 0 Å². The van der Waals surface area contributed by atoms with Crippen molar-refractivity contribution in [2.75, 3.05) is 13.2 Å². The van der Waals surface area contributed by atoms with Gasteiger partial charge < -0.3 is 9.47 Å². The molecule has 1 spiro atoms. The molecule has 0 amide bonds. The fourth-order valence-corrected chi connectivity index (χ4v) is 7.54. The molecule has 4 aliphatic carbocycles. The maximum atomic E-state index is 12.7. The third-order valence-electron chi connectivity index (χ3n) is 8.99. The highest BCUT2D eigenvalue weighted by Crippen LogP contribution is 2.68. The molecule has 1 heterocycles. The number of ether oxygens (including phenoxy) is 2. The normalized spacial score (nSPS) is 51.3. The summed E-state index contributed by atoms with van der Waals surface area (Å²) in [6.45, 7) is 5.92. The van der Waals surface area contributed by atoms with Crippen molar-refractivity contribution in [2.45, 2.75) is 71.0 Å². The zero-order valence-electron chi connectivity index (χ0n) is 15.5. The highest BCUT2D eigenvalue weighted by molar-refractivity contribution is 5.87. The highest BCUT2D eigenvalue weighted by Gasteiger charge is 2.68. The van der Waals surface area contributed by atoms with Crippen molar-refractivity contribution < 1.29 is 19.1 Å². The molecule has 0 aromatic carbocycles. The van der Waals surface area contributed by atoms with Gasteiger partial charge in [0.1, 0.15) is 11.6 Å². The number of Topliss-reactive ketones (excluding diaryl/α,β-unsaturated/α-hetero) is 2. The van der Waals surface area contributed by atoms with Gasteiger partial charge in [-0.2, -0.15) is 0 Å². The molecule has 4 nitrogen and oxygen atoms in total. The molecule has 5 rings (SSSR count). The van der Waals surface area contributed by atoms with E-state index in [2.05, 4.69) is 13.8 Å². The van der Waals surface area contributed by atoms with Crippen LogP contribution in [0.3, 0.4) is 0 Å². The van der Waals surface area contributed by atoms with Crippen LogP contribution in [0.4, 0.5) is 0 Å². The second kappa shape index (κ2) is 5.16. The van der Waals surface area contributed by atoms with Crippen LogP contribution >= 0.6 is 0 Å². The molecule has 0 aromatic rings. The Kier molecular flexibility index (Phi) is 3.39. The van der Waals surface area contributed by atoms with Crippen molar-refractivity contribution in [3.8, 4) is 0 Å². The zero-order valence-corrected chi connectivity index (χ0v) is 15.5. The van der Waals surface area contributed by atoms with E-state index in [1.54, 1.807) is 0 Å². The summed E-state index contributed by atoms with van der Waals surface area (Å²) in [7, 11) is 0. The Bertz CT molecular complexity index is 621. The lowest BCUT2D eigenvalue weighted by atomic mass is 9.43. The van der Waals surface area contributed by atoms with Gasteiger partial charge in [0.25, 0.3) is 0 Å². The summed E-state index contributed by atoms with van der Waals surface area (Å²) < 4.78 is 12.6. The third kappa shape index (κ3) is 2.01. The summed E-state index contributed by atoms with van der Waals surface area (Å²) in [5.74, 6) is 1.91. The summed E-state index contributed by atoms with van der Waals surface area (Å²) in [6, 6.07) is 0. The molecule has 6 atom stereocenters. The minimum Gasteiger partial charge on any atom is -0.347 e. The standard InChI is InChI=1S/C21H30O4/c1-19-7-5-14(22)11-13(19)12-21(24-9-10-25-21)18-15-3-4-17(23)20(15,2)8-6-16(18)19/h13,15-16,18H,3-12H2,1-2H3/t13-,15+,16-,18-,19+,20+/m1/s1. The molecular weight excluding hydrogens is 316 g/mol. The number of rotatable bonds is 0. The van der Waals surface area contributed by atoms with Crippen LogP contribution in [0.2, 0.25) is 0 Å². The van der Waals surface area contributed by atoms with E-state index < -0.39 is 5.79 Å². The zero-order chi connectivity index (χ0) is 17.4. The molecular formula is C21H30O4. The van der Waals surface area contributed by atoms with Gasteiger partial charge in [0.05, 0.1) is 13.2 Å². The SMILES string of the molecule is C[C@]12CCC(=O)C[C@@H]1CC1(OCCO1)[C@H]1[C@H]2CC[C@]2(C)C(=O)CC[C@@H]12. The first-order chi connectivity index (χ1) is 11.9. The van der Waals surface area contributed by atoms with E-state index in [0.717, 1.165) is 44.9 Å². The number of ketones is 2. The Labute approximate surface area is 150 Å². The molecule has 4 heteroatoms. The largest absolute Gasteiger partial charge is 0.347 e. The van der Waals surface area contributed by atoms with Crippen LogP contribution in [0.25, 0.3) is 0 Å². The Morgan fingerprint density at radius 2 is 1.72 bits per heavy atom. The first-order valence-corrected chi connectivity index (χ1v) is 10.2. The maximum Gasteiger partial charge on any atom is 0.172 e. The summed E-state index contributed by atoms with van der Waals surface area (Å²) in [4.78, 5) is 24.9. The molecule has 25 heavy (non-hydrogen) atoms. The molecule has 5 aliphatic rings. The Balaban J connectivity index is 1.60. The lowest BCUT2D eigenvalue weighted by molar-refractivity contribution is -0.292. The molecule has 1 aliphatic heterocycles. The second-order valence-electron chi connectivity index (χ2n) is 9.82. The Morgan fingerprint density at radius 3 is 2.48 bits per heavy atom. The number of fused-ring (bicyclic) bond motifs is 6. The quantitative estimate of drug-likeness (QED) is 0.673. The topological polar surface area (TPSA) is 52.6 Å². The molecule has 5 fully saturated rings. The fraction of sp³-hybridized carbons (Fsp3) is 0.905. The molecule has 4 saturated carbocycles. The third-order valence-corrected chi connectivity index (χ3v) is 8.99. The first kappa shape index (κ1) is 16.4. The summed E-state index contributed by atoms with van der Waals surface area (Å²) in [6.07, 6.45) is 7.07. The van der Waals surface area contributed by atoms with Crippen molar-refractivity contribution in [3.63, 3.8) is 0 Å². The first-order valence-electron chi connectivity index (χ1n) is 10.2. The molecule has 138 valence electrons. The number of hydrogen-bond donors (Lipinski definition) is 0. The fourth-order valence-electron chi connectivity index (χ4n) is 7.54. The average molecular weight is 346 g/mol. The predicted octanol–water partition coefficient (Wildman–Crippen LogP) is 3.52. The van der Waals surface area contributed by atoms with Crippen LogP contribution in [0.1, 0.15) is 65.2 Å². The number of carbonyl (C=O) groups excluding carboxylic acids is 2. The van der Waals surface area contributed by atoms with Gasteiger partial charge in [-0.1, -0.05) is 13.8 Å². The van der Waals surface area contributed by atoms with E-state index in [9.17, 15) is 9.59 Å². The number of carbonyl (C=O) groups is 2. The van der Waals surface area contributed by atoms with Crippen molar-refractivity contribution in [2.24, 2.45) is 34.5 Å². The molecule has 1 saturated heterocycles. The average Bonchev–Trinajstić information content (AvgIpc) is 3.16. The van der Waals surface area contributed by atoms with E-state index >= 15 is 0 Å². The monoisotopic (exact) mass is 346 g/mol. The van der Waals surface area contributed by atoms with Crippen molar-refractivity contribution in [1.29, 1.82) is 0 Å². The van der Waals surface area contributed by atoms with E-state index in [0.29, 0.717) is 54.9 Å². The predicted molar refractivity (Wildman–Crippen MR) is 91.8 cm³/mol. The molecule has 0 N–H and O–H groups in total. The van der Waals surface area contributed by atoms with Gasteiger partial charge in [-0.25, -0.2) is 0 Å². The van der Waals surface area contributed by atoms with Crippen LogP contribution < -0.4 is 0 Å². The molecule has 0 unspecified atom stereocenters. The summed E-state index contributed by atoms with van der Waals surface area (Å²) in [5, 5.41) is 0. The molecule has 0 bridgehead atoms. The lowest BCUT2D eigenvalue weighted by Gasteiger charge is -2.63. The lowest BCUT2D eigenvalue weighted by Crippen LogP contribution is -2.63. The van der Waals surface area contributed by atoms with Gasteiger partial charge in [0, 0.05) is 37.0 Å². The van der Waals surface area contributed by atoms with Crippen LogP contribution in [0, 0.1) is 34.5 Å². The maximum absolute atomic E-state index is 12.7. The second-order valence-corrected chi connectivity index (χ2v) is 9.82. The van der Waals surface area contributed by atoms with Gasteiger partial charge >= 0.3 is 0 Å². The Hall–Kier alpha value is -0.740. The summed E-state index contributed by atoms with van der Waals surface area (Å²) in [5.41, 5.74) is 0.0171. The van der Waals surface area contributed by atoms with Gasteiger partial charge in [0.2, 0.25) is 0 Å². The van der Waals surface area contributed by atoms with Crippen molar-refractivity contribution in [1.82, 2.24) is 0 Å². The van der Waals surface area contributed by atoms with E-state index in [4.69, 9.17) is 9.47 Å². The molecule has 0 radical (unpaired) electrons. The van der Waals surface area contributed by atoms with Crippen LogP contribution in [-0.2, 0) is 19.1 Å². The van der Waals surface area contributed by atoms with Crippen LogP contribution in [0.15, 0.2) is 0 Å². The van der Waals surface area contributed by atoms with Gasteiger partial charge in [0.15, 0.2) is 5.79 Å². The minimum atomic E-state index is -0.538. The molecule has 0 aromatic heterocycles. The minimum absolute atomic E-state index is 0.183. The van der Waals surface area contributed by atoms with E-state index in [1.807, 2.05) is 0 Å². The van der Waals surface area contributed by atoms with Crippen molar-refractivity contribution >= 4 is 11.6 Å². The smallest absolute Gasteiger partial charge is 0.172 e.